The summed E-state index contributed by atoms with van der Waals surface area (Å²) in [6, 6.07) is 6.25. The van der Waals surface area contributed by atoms with Gasteiger partial charge in [-0.3, -0.25) is 0 Å². The number of halogens is 1. The van der Waals surface area contributed by atoms with Crippen molar-refractivity contribution >= 4 is 27.5 Å². The molecule has 1 saturated heterocycles. The lowest BCUT2D eigenvalue weighted by Gasteiger charge is -2.34. The van der Waals surface area contributed by atoms with Crippen LogP contribution in [-0.4, -0.2) is 23.9 Å². The first-order valence-corrected chi connectivity index (χ1v) is 7.34. The number of ether oxygens (including phenoxy) is 1. The minimum atomic E-state index is 0.0486. The minimum Gasteiger partial charge on any atom is -0.354 e. The fourth-order valence-corrected chi connectivity index (χ4v) is 2.97. The maximum atomic E-state index is 6.05. The predicted octanol–water partition coefficient (Wildman–Crippen LogP) is 4.01. The molecule has 2 aliphatic heterocycles. The SMILES string of the molecule is CCCOC1c2cc(Br)ccc2N=C2CCCN21. The van der Waals surface area contributed by atoms with Crippen LogP contribution >= 0.6 is 15.9 Å². The van der Waals surface area contributed by atoms with E-state index in [4.69, 9.17) is 9.73 Å². The van der Waals surface area contributed by atoms with Gasteiger partial charge >= 0.3 is 0 Å². The van der Waals surface area contributed by atoms with E-state index in [2.05, 4.69) is 39.9 Å². The summed E-state index contributed by atoms with van der Waals surface area (Å²) >= 11 is 3.54. The van der Waals surface area contributed by atoms with Crippen LogP contribution in [0, 0.1) is 0 Å². The van der Waals surface area contributed by atoms with Crippen LogP contribution in [0.15, 0.2) is 27.7 Å². The van der Waals surface area contributed by atoms with Crippen molar-refractivity contribution in [2.24, 2.45) is 4.99 Å². The Morgan fingerprint density at radius 2 is 2.39 bits per heavy atom. The van der Waals surface area contributed by atoms with Gasteiger partial charge in [0.05, 0.1) is 5.69 Å². The Hall–Kier alpha value is -0.870. The van der Waals surface area contributed by atoms with Gasteiger partial charge in [0.25, 0.3) is 0 Å². The average Bonchev–Trinajstić information content (AvgIpc) is 2.82. The minimum absolute atomic E-state index is 0.0486. The highest BCUT2D eigenvalue weighted by atomic mass is 79.9. The van der Waals surface area contributed by atoms with Crippen LogP contribution < -0.4 is 0 Å². The highest BCUT2D eigenvalue weighted by Crippen LogP contribution is 2.40. The first kappa shape index (κ1) is 12.2. The van der Waals surface area contributed by atoms with Crippen LogP contribution in [0.5, 0.6) is 0 Å². The highest BCUT2D eigenvalue weighted by Gasteiger charge is 2.33. The molecule has 0 amide bonds. The molecule has 3 nitrogen and oxygen atoms in total. The zero-order valence-electron chi connectivity index (χ0n) is 10.5. The molecule has 3 rings (SSSR count). The summed E-state index contributed by atoms with van der Waals surface area (Å²) in [6.07, 6.45) is 3.34. The Morgan fingerprint density at radius 1 is 1.50 bits per heavy atom. The van der Waals surface area contributed by atoms with Gasteiger partial charge in [-0.05, 0) is 31.0 Å². The van der Waals surface area contributed by atoms with Crippen molar-refractivity contribution in [1.82, 2.24) is 4.90 Å². The highest BCUT2D eigenvalue weighted by molar-refractivity contribution is 9.10. The Labute approximate surface area is 116 Å². The first-order chi connectivity index (χ1) is 8.79. The standard InChI is InChI=1S/C14H17BrN2O/c1-2-8-18-14-11-9-10(15)5-6-12(11)16-13-4-3-7-17(13)14/h5-6,9,14H,2-4,7-8H2,1H3. The van der Waals surface area contributed by atoms with Crippen molar-refractivity contribution in [2.75, 3.05) is 13.2 Å². The van der Waals surface area contributed by atoms with Crippen LogP contribution in [0.1, 0.15) is 38.0 Å². The van der Waals surface area contributed by atoms with Gasteiger partial charge < -0.3 is 9.64 Å². The zero-order valence-corrected chi connectivity index (χ0v) is 12.1. The van der Waals surface area contributed by atoms with Crippen molar-refractivity contribution in [3.63, 3.8) is 0 Å². The Bertz CT molecular complexity index is 487. The molecule has 0 radical (unpaired) electrons. The van der Waals surface area contributed by atoms with Crippen molar-refractivity contribution < 1.29 is 4.74 Å². The van der Waals surface area contributed by atoms with Crippen molar-refractivity contribution in [2.45, 2.75) is 32.4 Å². The molecule has 0 saturated carbocycles. The van der Waals surface area contributed by atoms with E-state index < -0.39 is 0 Å². The molecule has 1 unspecified atom stereocenters. The molecule has 4 heteroatoms. The van der Waals surface area contributed by atoms with Gasteiger partial charge in [-0.1, -0.05) is 22.9 Å². The molecule has 0 aliphatic carbocycles. The molecule has 1 aromatic rings. The quantitative estimate of drug-likeness (QED) is 0.842. The summed E-state index contributed by atoms with van der Waals surface area (Å²) in [5.41, 5.74) is 2.25. The van der Waals surface area contributed by atoms with Gasteiger partial charge in [0.2, 0.25) is 0 Å². The van der Waals surface area contributed by atoms with Crippen molar-refractivity contribution in [1.29, 1.82) is 0 Å². The van der Waals surface area contributed by atoms with Gasteiger partial charge in [-0.2, -0.15) is 0 Å². The van der Waals surface area contributed by atoms with E-state index >= 15 is 0 Å². The van der Waals surface area contributed by atoms with Gasteiger partial charge in [0.1, 0.15) is 5.84 Å². The van der Waals surface area contributed by atoms with Crippen LogP contribution in [0.2, 0.25) is 0 Å². The van der Waals surface area contributed by atoms with Crippen molar-refractivity contribution in [3.8, 4) is 0 Å². The lowest BCUT2D eigenvalue weighted by Crippen LogP contribution is -2.34. The number of benzene rings is 1. The summed E-state index contributed by atoms with van der Waals surface area (Å²) < 4.78 is 7.14. The second-order valence-electron chi connectivity index (χ2n) is 4.75. The van der Waals surface area contributed by atoms with Gasteiger partial charge in [0, 0.05) is 29.6 Å². The molecule has 0 spiro atoms. The third-order valence-corrected chi connectivity index (χ3v) is 3.89. The van der Waals surface area contributed by atoms with E-state index in [1.54, 1.807) is 0 Å². The van der Waals surface area contributed by atoms with E-state index in [1.165, 1.54) is 17.8 Å². The summed E-state index contributed by atoms with van der Waals surface area (Å²) in [4.78, 5) is 7.06. The molecule has 1 fully saturated rings. The van der Waals surface area contributed by atoms with E-state index in [1.807, 2.05) is 6.07 Å². The maximum absolute atomic E-state index is 6.05. The summed E-state index contributed by atoms with van der Waals surface area (Å²) in [6.45, 7) is 3.99. The first-order valence-electron chi connectivity index (χ1n) is 6.55. The van der Waals surface area contributed by atoms with Crippen LogP contribution in [-0.2, 0) is 4.74 Å². The molecule has 2 heterocycles. The fraction of sp³-hybridized carbons (Fsp3) is 0.500. The molecule has 2 aliphatic rings. The van der Waals surface area contributed by atoms with Crippen LogP contribution in [0.25, 0.3) is 0 Å². The van der Waals surface area contributed by atoms with E-state index in [-0.39, 0.29) is 6.23 Å². The number of hydrogen-bond donors (Lipinski definition) is 0. The van der Waals surface area contributed by atoms with E-state index in [0.29, 0.717) is 0 Å². The third kappa shape index (κ3) is 2.08. The van der Waals surface area contributed by atoms with Gasteiger partial charge in [0.15, 0.2) is 6.23 Å². The Morgan fingerprint density at radius 3 is 3.22 bits per heavy atom. The van der Waals surface area contributed by atoms with Gasteiger partial charge in [-0.15, -0.1) is 0 Å². The molecule has 0 aromatic heterocycles. The molecule has 18 heavy (non-hydrogen) atoms. The summed E-state index contributed by atoms with van der Waals surface area (Å²) in [5.74, 6) is 1.19. The molecular formula is C14H17BrN2O. The lowest BCUT2D eigenvalue weighted by molar-refractivity contribution is -0.0256. The molecular weight excluding hydrogens is 292 g/mol. The summed E-state index contributed by atoms with van der Waals surface area (Å²) in [7, 11) is 0. The topological polar surface area (TPSA) is 24.8 Å². The van der Waals surface area contributed by atoms with E-state index in [9.17, 15) is 0 Å². The average molecular weight is 309 g/mol. The van der Waals surface area contributed by atoms with E-state index in [0.717, 1.165) is 36.2 Å². The number of fused-ring (bicyclic) bond motifs is 2. The Kier molecular flexibility index (Phi) is 3.39. The number of rotatable bonds is 3. The van der Waals surface area contributed by atoms with Crippen molar-refractivity contribution in [3.05, 3.63) is 28.2 Å². The number of hydrogen-bond acceptors (Lipinski definition) is 3. The van der Waals surface area contributed by atoms with Crippen LogP contribution in [0.4, 0.5) is 5.69 Å². The third-order valence-electron chi connectivity index (χ3n) is 3.40. The molecule has 1 aromatic carbocycles. The maximum Gasteiger partial charge on any atom is 0.159 e. The number of nitrogens with zero attached hydrogens (tertiary/aromatic N) is 2. The number of amidine groups is 1. The molecule has 96 valence electrons. The second-order valence-corrected chi connectivity index (χ2v) is 5.67. The molecule has 0 N–H and O–H groups in total. The fourth-order valence-electron chi connectivity index (χ4n) is 2.59. The van der Waals surface area contributed by atoms with Crippen LogP contribution in [0.3, 0.4) is 0 Å². The second kappa shape index (κ2) is 5.02. The lowest BCUT2D eigenvalue weighted by atomic mass is 10.1. The number of aliphatic imine (C=N–C) groups is 1. The normalized spacial score (nSPS) is 21.6. The smallest absolute Gasteiger partial charge is 0.159 e. The van der Waals surface area contributed by atoms with Gasteiger partial charge in [-0.25, -0.2) is 4.99 Å². The summed E-state index contributed by atoms with van der Waals surface area (Å²) in [5, 5.41) is 0. The predicted molar refractivity (Wildman–Crippen MR) is 76.2 cm³/mol. The molecule has 1 atom stereocenters. The molecule has 0 bridgehead atoms. The monoisotopic (exact) mass is 308 g/mol. The largest absolute Gasteiger partial charge is 0.354 e. The zero-order chi connectivity index (χ0) is 12.5. The Balaban J connectivity index is 2.00.